The van der Waals surface area contributed by atoms with E-state index in [0.717, 1.165) is 11.3 Å². The molecule has 0 bridgehead atoms. The van der Waals surface area contributed by atoms with Crippen molar-refractivity contribution in [3.63, 3.8) is 0 Å². The van der Waals surface area contributed by atoms with E-state index in [2.05, 4.69) is 5.32 Å². The third-order valence-corrected chi connectivity index (χ3v) is 4.81. The van der Waals surface area contributed by atoms with Gasteiger partial charge in [-0.15, -0.1) is 0 Å². The topological polar surface area (TPSA) is 83.5 Å². The summed E-state index contributed by atoms with van der Waals surface area (Å²) in [5.41, 5.74) is 1.71. The van der Waals surface area contributed by atoms with Crippen LogP contribution in [-0.2, 0) is 16.0 Å². The van der Waals surface area contributed by atoms with Gasteiger partial charge < -0.3 is 10.4 Å². The van der Waals surface area contributed by atoms with E-state index >= 15 is 0 Å². The normalized spacial score (nSPS) is 25.6. The average Bonchev–Trinajstić information content (AvgIpc) is 2.37. The summed E-state index contributed by atoms with van der Waals surface area (Å²) >= 11 is 0. The van der Waals surface area contributed by atoms with E-state index in [1.54, 1.807) is 18.2 Å². The van der Waals surface area contributed by atoms with Crippen LogP contribution in [0.25, 0.3) is 0 Å². The number of carbonyl (C=O) groups excluding carboxylic acids is 2. The van der Waals surface area contributed by atoms with Crippen molar-refractivity contribution in [3.05, 3.63) is 29.3 Å². The van der Waals surface area contributed by atoms with Crippen molar-refractivity contribution in [1.82, 2.24) is 0 Å². The van der Waals surface area contributed by atoms with Crippen LogP contribution in [0.4, 0.5) is 5.69 Å². The first-order valence-corrected chi connectivity index (χ1v) is 7.51. The molecule has 2 N–H and O–H groups in total. The summed E-state index contributed by atoms with van der Waals surface area (Å²) < 4.78 is 0. The monoisotopic (exact) mass is 301 g/mol. The van der Waals surface area contributed by atoms with Crippen LogP contribution in [0.3, 0.4) is 0 Å². The Morgan fingerprint density at radius 1 is 1.23 bits per heavy atom. The number of anilines is 1. The van der Waals surface area contributed by atoms with Gasteiger partial charge in [-0.2, -0.15) is 0 Å². The molecule has 116 valence electrons. The molecule has 0 saturated heterocycles. The minimum absolute atomic E-state index is 0.0241. The molecular formula is C17H19NO4. The van der Waals surface area contributed by atoms with Crippen molar-refractivity contribution in [2.45, 2.75) is 33.1 Å². The predicted octanol–water partition coefficient (Wildman–Crippen LogP) is 2.50. The molecule has 1 amide bonds. The number of carboxylic acid groups (broad SMARTS) is 1. The van der Waals surface area contributed by atoms with E-state index in [9.17, 15) is 14.4 Å². The standard InChI is InChI=1S/C17H19NO4/c1-17(2)8-10-7-9(3-6-13(10)18-16(17)22)14(19)11-4-5-12(11)15(20)21/h3,6-7,11-12H,4-5,8H2,1-2H3,(H,18,22)(H,20,21)/t11-,12+/m0/s1. The Hall–Kier alpha value is -2.17. The molecule has 2 atom stereocenters. The summed E-state index contributed by atoms with van der Waals surface area (Å²) in [5, 5.41) is 11.9. The number of nitrogens with one attached hydrogen (secondary N) is 1. The Bertz CT molecular complexity index is 677. The highest BCUT2D eigenvalue weighted by Crippen LogP contribution is 2.38. The highest BCUT2D eigenvalue weighted by atomic mass is 16.4. The number of ketones is 1. The molecule has 0 spiro atoms. The molecule has 1 saturated carbocycles. The number of carboxylic acids is 1. The fraction of sp³-hybridized carbons (Fsp3) is 0.471. The van der Waals surface area contributed by atoms with Gasteiger partial charge in [-0.05, 0) is 43.0 Å². The maximum atomic E-state index is 12.5. The summed E-state index contributed by atoms with van der Waals surface area (Å²) in [6, 6.07) is 5.22. The fourth-order valence-corrected chi connectivity index (χ4v) is 3.19. The van der Waals surface area contributed by atoms with Crippen LogP contribution in [0, 0.1) is 17.3 Å². The van der Waals surface area contributed by atoms with Crippen LogP contribution in [-0.4, -0.2) is 22.8 Å². The third-order valence-electron chi connectivity index (χ3n) is 4.81. The fourth-order valence-electron chi connectivity index (χ4n) is 3.19. The molecule has 1 aliphatic carbocycles. The van der Waals surface area contributed by atoms with Crippen molar-refractivity contribution < 1.29 is 19.5 Å². The summed E-state index contributed by atoms with van der Waals surface area (Å²) in [6.45, 7) is 3.73. The molecule has 3 rings (SSSR count). The molecule has 1 aliphatic heterocycles. The lowest BCUT2D eigenvalue weighted by Gasteiger charge is -2.33. The number of fused-ring (bicyclic) bond motifs is 1. The third kappa shape index (κ3) is 2.30. The molecule has 1 heterocycles. The number of rotatable bonds is 3. The van der Waals surface area contributed by atoms with E-state index in [4.69, 9.17) is 5.11 Å². The smallest absolute Gasteiger partial charge is 0.307 e. The Morgan fingerprint density at radius 2 is 1.91 bits per heavy atom. The number of amides is 1. The van der Waals surface area contributed by atoms with Crippen molar-refractivity contribution in [2.24, 2.45) is 17.3 Å². The second kappa shape index (κ2) is 4.93. The van der Waals surface area contributed by atoms with Crippen molar-refractivity contribution in [3.8, 4) is 0 Å². The van der Waals surface area contributed by atoms with Gasteiger partial charge in [0.05, 0.1) is 5.92 Å². The number of Topliss-reactive ketones (excluding diaryl/α,β-unsaturated/α-hetero) is 1. The van der Waals surface area contributed by atoms with Gasteiger partial charge in [0.1, 0.15) is 0 Å². The summed E-state index contributed by atoms with van der Waals surface area (Å²) in [5.74, 6) is -1.99. The summed E-state index contributed by atoms with van der Waals surface area (Å²) in [4.78, 5) is 35.5. The zero-order chi connectivity index (χ0) is 16.1. The second-order valence-electron chi connectivity index (χ2n) is 6.88. The number of benzene rings is 1. The van der Waals surface area contributed by atoms with Crippen LogP contribution < -0.4 is 5.32 Å². The van der Waals surface area contributed by atoms with Gasteiger partial charge >= 0.3 is 5.97 Å². The van der Waals surface area contributed by atoms with Crippen LogP contribution in [0.1, 0.15) is 42.6 Å². The molecular weight excluding hydrogens is 282 g/mol. The number of hydrogen-bond acceptors (Lipinski definition) is 3. The SMILES string of the molecule is CC1(C)Cc2cc(C(=O)[C@H]3CC[C@H]3C(=O)O)ccc2NC1=O. The van der Waals surface area contributed by atoms with Crippen molar-refractivity contribution in [1.29, 1.82) is 0 Å². The maximum absolute atomic E-state index is 12.5. The lowest BCUT2D eigenvalue weighted by atomic mass is 9.70. The van der Waals surface area contributed by atoms with E-state index in [-0.39, 0.29) is 11.7 Å². The predicted molar refractivity (Wildman–Crippen MR) is 80.7 cm³/mol. The van der Waals surface area contributed by atoms with Gasteiger partial charge in [0.25, 0.3) is 0 Å². The quantitative estimate of drug-likeness (QED) is 0.840. The molecule has 0 radical (unpaired) electrons. The lowest BCUT2D eigenvalue weighted by molar-refractivity contribution is -0.146. The molecule has 1 aromatic rings. The molecule has 5 heteroatoms. The number of aliphatic carboxylic acids is 1. The first-order valence-electron chi connectivity index (χ1n) is 7.51. The number of hydrogen-bond donors (Lipinski definition) is 2. The minimum atomic E-state index is -0.893. The van der Waals surface area contributed by atoms with Crippen LogP contribution >= 0.6 is 0 Å². The van der Waals surface area contributed by atoms with Crippen LogP contribution in [0.2, 0.25) is 0 Å². The van der Waals surface area contributed by atoms with E-state index < -0.39 is 23.2 Å². The van der Waals surface area contributed by atoms with Crippen molar-refractivity contribution >= 4 is 23.3 Å². The Kier molecular flexibility index (Phi) is 3.31. The zero-order valence-electron chi connectivity index (χ0n) is 12.7. The molecule has 0 unspecified atom stereocenters. The lowest BCUT2D eigenvalue weighted by Crippen LogP contribution is -2.39. The highest BCUT2D eigenvalue weighted by molar-refractivity contribution is 6.03. The van der Waals surface area contributed by atoms with E-state index in [1.807, 2.05) is 13.8 Å². The first kappa shape index (κ1) is 14.8. The van der Waals surface area contributed by atoms with Crippen molar-refractivity contribution in [2.75, 3.05) is 5.32 Å². The molecule has 0 aromatic heterocycles. The Labute approximate surface area is 128 Å². The van der Waals surface area contributed by atoms with Gasteiger partial charge in [-0.25, -0.2) is 0 Å². The first-order chi connectivity index (χ1) is 10.3. The van der Waals surface area contributed by atoms with Gasteiger partial charge in [-0.1, -0.05) is 13.8 Å². The number of carbonyl (C=O) groups is 3. The minimum Gasteiger partial charge on any atom is -0.481 e. The van der Waals surface area contributed by atoms with Gasteiger partial charge in [0.2, 0.25) is 5.91 Å². The molecule has 2 aliphatic rings. The van der Waals surface area contributed by atoms with Gasteiger partial charge in [0.15, 0.2) is 5.78 Å². The zero-order valence-corrected chi connectivity index (χ0v) is 12.7. The summed E-state index contributed by atoms with van der Waals surface area (Å²) in [6.07, 6.45) is 1.77. The average molecular weight is 301 g/mol. The molecule has 1 fully saturated rings. The highest BCUT2D eigenvalue weighted by Gasteiger charge is 2.42. The second-order valence-corrected chi connectivity index (χ2v) is 6.88. The van der Waals surface area contributed by atoms with Gasteiger partial charge in [0, 0.05) is 22.6 Å². The maximum Gasteiger partial charge on any atom is 0.307 e. The Balaban J connectivity index is 1.87. The van der Waals surface area contributed by atoms with Crippen LogP contribution in [0.15, 0.2) is 18.2 Å². The van der Waals surface area contributed by atoms with Crippen LogP contribution in [0.5, 0.6) is 0 Å². The van der Waals surface area contributed by atoms with E-state index in [0.29, 0.717) is 24.8 Å². The summed E-state index contributed by atoms with van der Waals surface area (Å²) in [7, 11) is 0. The largest absolute Gasteiger partial charge is 0.481 e. The Morgan fingerprint density at radius 3 is 2.50 bits per heavy atom. The molecule has 22 heavy (non-hydrogen) atoms. The molecule has 5 nitrogen and oxygen atoms in total. The molecule has 1 aromatic carbocycles. The van der Waals surface area contributed by atoms with E-state index in [1.165, 1.54) is 0 Å². The van der Waals surface area contributed by atoms with Gasteiger partial charge in [-0.3, -0.25) is 14.4 Å².